The van der Waals surface area contributed by atoms with Crippen molar-refractivity contribution in [2.24, 2.45) is 0 Å². The van der Waals surface area contributed by atoms with Gasteiger partial charge in [-0.3, -0.25) is 4.90 Å². The smallest absolute Gasteiger partial charge is 0.119 e. The molecule has 0 aliphatic carbocycles. The number of aliphatic hydroxyl groups excluding tert-OH is 2. The Hall–Kier alpha value is -2.08. The van der Waals surface area contributed by atoms with Gasteiger partial charge in [0.1, 0.15) is 36.9 Å². The average molecular weight is 486 g/mol. The fraction of sp³-hybridized carbons (Fsp3) is 0.600. The fourth-order valence-electron chi connectivity index (χ4n) is 3.83. The Bertz CT molecular complexity index is 796. The predicted molar refractivity (Wildman–Crippen MR) is 145 cm³/mol. The van der Waals surface area contributed by atoms with Crippen molar-refractivity contribution in [2.75, 3.05) is 26.3 Å². The predicted octanol–water partition coefficient (Wildman–Crippen LogP) is 5.56. The van der Waals surface area contributed by atoms with Gasteiger partial charge in [-0.05, 0) is 59.6 Å². The lowest BCUT2D eigenvalue weighted by atomic mass is 9.87. The van der Waals surface area contributed by atoms with E-state index >= 15 is 0 Å². The van der Waals surface area contributed by atoms with Gasteiger partial charge >= 0.3 is 0 Å². The molecular weight excluding hydrogens is 438 g/mol. The van der Waals surface area contributed by atoms with Crippen molar-refractivity contribution in [3.05, 3.63) is 59.7 Å². The summed E-state index contributed by atoms with van der Waals surface area (Å²) in [7, 11) is 0. The molecule has 3 unspecified atom stereocenters. The molecule has 0 amide bonds. The monoisotopic (exact) mass is 485 g/mol. The first-order valence-electron chi connectivity index (χ1n) is 12.9. The largest absolute Gasteiger partial charge is 0.491 e. The Kier molecular flexibility index (Phi) is 10.6. The first kappa shape index (κ1) is 29.2. The summed E-state index contributed by atoms with van der Waals surface area (Å²) >= 11 is 0. The highest BCUT2D eigenvalue weighted by Crippen LogP contribution is 2.25. The van der Waals surface area contributed by atoms with Crippen molar-refractivity contribution in [1.29, 1.82) is 0 Å². The van der Waals surface area contributed by atoms with Crippen LogP contribution < -0.4 is 9.47 Å². The van der Waals surface area contributed by atoms with Crippen LogP contribution in [0.2, 0.25) is 0 Å². The molecule has 0 aliphatic rings. The second-order valence-corrected chi connectivity index (χ2v) is 11.7. The molecule has 35 heavy (non-hydrogen) atoms. The van der Waals surface area contributed by atoms with E-state index in [0.717, 1.165) is 17.9 Å². The van der Waals surface area contributed by atoms with Crippen molar-refractivity contribution >= 4 is 0 Å². The van der Waals surface area contributed by atoms with Gasteiger partial charge < -0.3 is 19.7 Å². The molecule has 5 nitrogen and oxygen atoms in total. The Morgan fingerprint density at radius 2 is 1.03 bits per heavy atom. The summed E-state index contributed by atoms with van der Waals surface area (Å²) in [5.41, 5.74) is 2.68. The average Bonchev–Trinajstić information content (AvgIpc) is 2.80. The summed E-state index contributed by atoms with van der Waals surface area (Å²) in [5.74, 6) is 1.50. The summed E-state index contributed by atoms with van der Waals surface area (Å²) < 4.78 is 11.7. The molecule has 2 aromatic rings. The van der Waals surface area contributed by atoms with Gasteiger partial charge in [-0.25, -0.2) is 0 Å². The van der Waals surface area contributed by atoms with E-state index in [1.807, 2.05) is 24.3 Å². The highest BCUT2D eigenvalue weighted by Gasteiger charge is 2.21. The Labute approximate surface area is 213 Å². The van der Waals surface area contributed by atoms with Crippen molar-refractivity contribution in [1.82, 2.24) is 4.90 Å². The third-order valence-electron chi connectivity index (χ3n) is 6.43. The van der Waals surface area contributed by atoms with Gasteiger partial charge in [0.05, 0.1) is 0 Å². The van der Waals surface area contributed by atoms with Crippen LogP contribution >= 0.6 is 0 Å². The molecule has 3 atom stereocenters. The minimum Gasteiger partial charge on any atom is -0.491 e. The molecule has 0 aromatic heterocycles. The van der Waals surface area contributed by atoms with Crippen LogP contribution in [-0.4, -0.2) is 59.7 Å². The van der Waals surface area contributed by atoms with E-state index < -0.39 is 12.2 Å². The molecule has 5 heteroatoms. The number of benzene rings is 2. The SMILES string of the molecule is CCC(C)N(CC(O)COc1ccc(C(C)(C)C)cc1)CC(O)COc1ccc(C(C)(C)C)cc1. The van der Waals surface area contributed by atoms with E-state index in [4.69, 9.17) is 9.47 Å². The maximum absolute atomic E-state index is 10.6. The van der Waals surface area contributed by atoms with Crippen LogP contribution in [0.25, 0.3) is 0 Å². The molecule has 0 bridgehead atoms. The minimum atomic E-state index is -0.663. The molecule has 0 saturated heterocycles. The van der Waals surface area contributed by atoms with Crippen molar-refractivity contribution in [2.45, 2.75) is 90.9 Å². The molecule has 0 spiro atoms. The lowest BCUT2D eigenvalue weighted by molar-refractivity contribution is 0.0161. The number of aliphatic hydroxyl groups is 2. The first-order chi connectivity index (χ1) is 16.3. The number of nitrogens with zero attached hydrogens (tertiary/aromatic N) is 1. The third-order valence-corrected chi connectivity index (χ3v) is 6.43. The van der Waals surface area contributed by atoms with Crippen LogP contribution in [-0.2, 0) is 10.8 Å². The van der Waals surface area contributed by atoms with E-state index in [1.165, 1.54) is 11.1 Å². The number of ether oxygens (including phenoxy) is 2. The number of hydrogen-bond donors (Lipinski definition) is 2. The molecule has 2 N–H and O–H groups in total. The topological polar surface area (TPSA) is 62.2 Å². The van der Waals surface area contributed by atoms with Crippen LogP contribution in [0.1, 0.15) is 72.9 Å². The summed E-state index contributed by atoms with van der Waals surface area (Å²) in [6, 6.07) is 16.3. The molecule has 2 aromatic carbocycles. The van der Waals surface area contributed by atoms with E-state index in [9.17, 15) is 10.2 Å². The normalized spacial score (nSPS) is 15.1. The molecule has 0 heterocycles. The van der Waals surface area contributed by atoms with E-state index in [2.05, 4.69) is 84.6 Å². The lowest BCUT2D eigenvalue weighted by Crippen LogP contribution is -2.45. The van der Waals surface area contributed by atoms with Crippen molar-refractivity contribution < 1.29 is 19.7 Å². The van der Waals surface area contributed by atoms with Crippen LogP contribution in [0.3, 0.4) is 0 Å². The second kappa shape index (κ2) is 12.8. The van der Waals surface area contributed by atoms with E-state index in [0.29, 0.717) is 13.1 Å². The molecule has 0 aliphatic heterocycles. The summed E-state index contributed by atoms with van der Waals surface area (Å²) in [6.07, 6.45) is -0.405. The van der Waals surface area contributed by atoms with E-state index in [1.54, 1.807) is 0 Å². The van der Waals surface area contributed by atoms with Gasteiger partial charge in [0.2, 0.25) is 0 Å². The molecule has 0 radical (unpaired) electrons. The summed E-state index contributed by atoms with van der Waals surface area (Å²) in [5, 5.41) is 21.3. The maximum atomic E-state index is 10.6. The number of hydrogen-bond acceptors (Lipinski definition) is 5. The van der Waals surface area contributed by atoms with Gasteiger partial charge in [-0.2, -0.15) is 0 Å². The summed E-state index contributed by atoms with van der Waals surface area (Å²) in [6.45, 7) is 18.5. The van der Waals surface area contributed by atoms with Gasteiger partial charge in [0.15, 0.2) is 0 Å². The Morgan fingerprint density at radius 3 is 1.31 bits per heavy atom. The zero-order valence-corrected chi connectivity index (χ0v) is 23.0. The standard InChI is InChI=1S/C30H47NO4/c1-9-22(2)31(18-25(32)20-34-27-14-10-23(11-15-27)29(3,4)5)19-26(33)21-35-28-16-12-24(13-17-28)30(6,7)8/h10-17,22,25-26,32-33H,9,18-21H2,1-8H3. The zero-order chi connectivity index (χ0) is 26.2. The van der Waals surface area contributed by atoms with Crippen molar-refractivity contribution in [3.8, 4) is 11.5 Å². The molecule has 0 fully saturated rings. The minimum absolute atomic E-state index is 0.0925. The fourth-order valence-corrected chi connectivity index (χ4v) is 3.83. The molecule has 196 valence electrons. The quantitative estimate of drug-likeness (QED) is 0.412. The van der Waals surface area contributed by atoms with Gasteiger partial charge in [-0.15, -0.1) is 0 Å². The van der Waals surface area contributed by atoms with Gasteiger partial charge in [0.25, 0.3) is 0 Å². The zero-order valence-electron chi connectivity index (χ0n) is 23.0. The second-order valence-electron chi connectivity index (χ2n) is 11.7. The molecule has 2 rings (SSSR count). The molecular formula is C30H47NO4. The van der Waals surface area contributed by atoms with Crippen LogP contribution in [0.15, 0.2) is 48.5 Å². The third kappa shape index (κ3) is 9.83. The molecule has 0 saturated carbocycles. The van der Waals surface area contributed by atoms with Gasteiger partial charge in [0, 0.05) is 19.1 Å². The Morgan fingerprint density at radius 1 is 0.686 bits per heavy atom. The first-order valence-corrected chi connectivity index (χ1v) is 12.9. The maximum Gasteiger partial charge on any atom is 0.119 e. The highest BCUT2D eigenvalue weighted by atomic mass is 16.5. The van der Waals surface area contributed by atoms with Gasteiger partial charge in [-0.1, -0.05) is 72.7 Å². The summed E-state index contributed by atoms with van der Waals surface area (Å²) in [4.78, 5) is 2.10. The van der Waals surface area contributed by atoms with Crippen molar-refractivity contribution in [3.63, 3.8) is 0 Å². The van der Waals surface area contributed by atoms with Crippen LogP contribution in [0.5, 0.6) is 11.5 Å². The lowest BCUT2D eigenvalue weighted by Gasteiger charge is -2.32. The van der Waals surface area contributed by atoms with E-state index in [-0.39, 0.29) is 30.1 Å². The highest BCUT2D eigenvalue weighted by molar-refractivity contribution is 5.32. The van der Waals surface area contributed by atoms with Crippen LogP contribution in [0, 0.1) is 0 Å². The Balaban J connectivity index is 1.85. The van der Waals surface area contributed by atoms with Crippen LogP contribution in [0.4, 0.5) is 0 Å². The number of rotatable bonds is 12.